The predicted octanol–water partition coefficient (Wildman–Crippen LogP) is 6.16. The number of benzene rings is 3. The number of methoxy groups -OCH3 is 1. The van der Waals surface area contributed by atoms with Gasteiger partial charge in [-0.15, -0.1) is 11.3 Å². The van der Waals surface area contributed by atoms with E-state index in [0.29, 0.717) is 0 Å². The number of carboxylic acid groups (broad SMARTS) is 1. The van der Waals surface area contributed by atoms with Crippen molar-refractivity contribution in [3.8, 4) is 26.8 Å². The highest BCUT2D eigenvalue weighted by Gasteiger charge is 2.07. The van der Waals surface area contributed by atoms with Gasteiger partial charge in [0.1, 0.15) is 17.3 Å². The van der Waals surface area contributed by atoms with Crippen molar-refractivity contribution in [1.29, 1.82) is 0 Å². The summed E-state index contributed by atoms with van der Waals surface area (Å²) in [6, 6.07) is 26.0. The third-order valence-electron chi connectivity index (χ3n) is 4.34. The molecule has 0 radical (unpaired) electrons. The maximum atomic E-state index is 10.5. The summed E-state index contributed by atoms with van der Waals surface area (Å²) in [5.41, 5.74) is 3.46. The van der Waals surface area contributed by atoms with Crippen molar-refractivity contribution < 1.29 is 14.6 Å². The lowest BCUT2D eigenvalue weighted by Crippen LogP contribution is -2.15. The summed E-state index contributed by atoms with van der Waals surface area (Å²) in [5.74, 6) is -0.0453. The molecule has 4 aromatic rings. The number of nitrogens with zero attached hydrogens (tertiary/aromatic N) is 1. The molecular weight excluding hydrogens is 440 g/mol. The number of rotatable bonds is 7. The van der Waals surface area contributed by atoms with Crippen LogP contribution in [0.3, 0.4) is 0 Å². The van der Waals surface area contributed by atoms with Crippen molar-refractivity contribution in [3.63, 3.8) is 0 Å². The molecule has 0 unspecified atom stereocenters. The summed E-state index contributed by atoms with van der Waals surface area (Å²) in [4.78, 5) is 17.1. The van der Waals surface area contributed by atoms with Crippen LogP contribution in [0.15, 0.2) is 90.0 Å². The van der Waals surface area contributed by atoms with Gasteiger partial charge in [-0.1, -0.05) is 48.0 Å². The maximum absolute atomic E-state index is 10.5. The molecule has 0 saturated heterocycles. The van der Waals surface area contributed by atoms with Crippen LogP contribution in [-0.2, 0) is 4.79 Å². The lowest BCUT2D eigenvalue weighted by molar-refractivity contribution is -0.135. The molecule has 0 aliphatic carbocycles. The van der Waals surface area contributed by atoms with E-state index in [4.69, 9.17) is 9.84 Å². The highest BCUT2D eigenvalue weighted by atomic mass is 32.2. The van der Waals surface area contributed by atoms with Crippen LogP contribution in [0, 0.1) is 6.92 Å². The van der Waals surface area contributed by atoms with Gasteiger partial charge in [0.05, 0.1) is 12.0 Å². The summed E-state index contributed by atoms with van der Waals surface area (Å²) in [6.45, 7) is 2.00. The topological polar surface area (TPSA) is 71.5 Å². The van der Waals surface area contributed by atoms with E-state index >= 15 is 0 Å². The van der Waals surface area contributed by atoms with Crippen LogP contribution in [0.2, 0.25) is 0 Å². The summed E-state index contributed by atoms with van der Waals surface area (Å²) in [7, 11) is 1.65. The average molecular weight is 465 g/mol. The minimum atomic E-state index is -0.877. The molecule has 3 aromatic carbocycles. The first-order valence-corrected chi connectivity index (χ1v) is 11.5. The largest absolute Gasteiger partial charge is 0.497 e. The minimum absolute atomic E-state index is 0.0792. The van der Waals surface area contributed by atoms with E-state index in [1.165, 1.54) is 17.5 Å². The number of carbonyl (C=O) groups is 1. The molecule has 5 nitrogen and oxygen atoms in total. The maximum Gasteiger partial charge on any atom is 0.318 e. The number of aliphatic carboxylic acids is 1. The van der Waals surface area contributed by atoms with Gasteiger partial charge in [0.15, 0.2) is 0 Å². The number of carboxylic acids is 1. The summed E-state index contributed by atoms with van der Waals surface area (Å²) in [5, 5.41) is 9.57. The Bertz CT molecular complexity index is 1110. The van der Waals surface area contributed by atoms with Gasteiger partial charge in [0.25, 0.3) is 0 Å². The third kappa shape index (κ3) is 7.23. The Labute approximate surface area is 196 Å². The summed E-state index contributed by atoms with van der Waals surface area (Å²) in [6.07, 6.45) is 1.87. The number of hydrogen-bond acceptors (Lipinski definition) is 6. The van der Waals surface area contributed by atoms with Gasteiger partial charge in [-0.3, -0.25) is 4.79 Å². The molecule has 32 heavy (non-hydrogen) atoms. The van der Waals surface area contributed by atoms with Crippen LogP contribution < -0.4 is 9.46 Å². The minimum Gasteiger partial charge on any atom is -0.497 e. The van der Waals surface area contributed by atoms with Crippen LogP contribution in [-0.4, -0.2) is 29.7 Å². The predicted molar refractivity (Wildman–Crippen MR) is 132 cm³/mol. The molecule has 1 heterocycles. The molecule has 0 spiro atoms. The Balaban J connectivity index is 0.000000352. The Hall–Kier alpha value is -3.13. The summed E-state index contributed by atoms with van der Waals surface area (Å²) >= 11 is 2.93. The van der Waals surface area contributed by atoms with E-state index in [1.54, 1.807) is 18.4 Å². The van der Waals surface area contributed by atoms with Gasteiger partial charge in [-0.05, 0) is 60.8 Å². The Kier molecular flexibility index (Phi) is 8.86. The van der Waals surface area contributed by atoms with Gasteiger partial charge in [-0.2, -0.15) is 0 Å². The van der Waals surface area contributed by atoms with Crippen molar-refractivity contribution >= 4 is 29.3 Å². The molecule has 0 amide bonds. The van der Waals surface area contributed by atoms with Crippen molar-refractivity contribution in [3.05, 3.63) is 90.6 Å². The van der Waals surface area contributed by atoms with Gasteiger partial charge in [0, 0.05) is 16.7 Å². The second-order valence-corrected chi connectivity index (χ2v) is 8.75. The number of hydrogen-bond donors (Lipinski definition) is 2. The number of ether oxygens (including phenoxy) is 1. The Morgan fingerprint density at radius 2 is 1.66 bits per heavy atom. The molecule has 1 aromatic heterocycles. The molecule has 0 aliphatic heterocycles. The van der Waals surface area contributed by atoms with Crippen LogP contribution in [0.5, 0.6) is 5.75 Å². The lowest BCUT2D eigenvalue weighted by atomic mass is 10.2. The second-order valence-electron chi connectivity index (χ2n) is 6.75. The van der Waals surface area contributed by atoms with Crippen LogP contribution in [0.4, 0.5) is 0 Å². The van der Waals surface area contributed by atoms with E-state index < -0.39 is 5.97 Å². The number of nitrogens with one attached hydrogen (secondary N) is 1. The Morgan fingerprint density at radius 1 is 1.00 bits per heavy atom. The van der Waals surface area contributed by atoms with E-state index in [2.05, 4.69) is 28.8 Å². The fraction of sp³-hybridized carbons (Fsp3) is 0.120. The van der Waals surface area contributed by atoms with Crippen molar-refractivity contribution in [1.82, 2.24) is 9.71 Å². The molecule has 2 N–H and O–H groups in total. The number of thiazole rings is 1. The van der Waals surface area contributed by atoms with E-state index in [1.807, 2.05) is 72.9 Å². The molecule has 7 heteroatoms. The Morgan fingerprint density at radius 3 is 2.22 bits per heavy atom. The zero-order chi connectivity index (χ0) is 22.8. The van der Waals surface area contributed by atoms with Crippen molar-refractivity contribution in [2.75, 3.05) is 13.7 Å². The standard InChI is InChI=1S/C18H16N2O3S2.C7H8/c1-23-14-6-2-12(3-7-14)16-10-19-18(24-16)13-4-8-15(9-5-13)25-20-11-17(21)22;1-7-5-3-2-4-6-7/h2-10,20H,11H2,1H3,(H,21,22);2-6H,1H3. The fourth-order valence-corrected chi connectivity index (χ4v) is 4.24. The van der Waals surface area contributed by atoms with E-state index in [-0.39, 0.29) is 6.54 Å². The molecule has 0 fully saturated rings. The highest BCUT2D eigenvalue weighted by Crippen LogP contribution is 2.33. The third-order valence-corrected chi connectivity index (χ3v) is 6.23. The number of aromatic nitrogens is 1. The monoisotopic (exact) mass is 464 g/mol. The van der Waals surface area contributed by atoms with Gasteiger partial charge in [0.2, 0.25) is 0 Å². The molecule has 0 bridgehead atoms. The van der Waals surface area contributed by atoms with Gasteiger partial charge < -0.3 is 9.84 Å². The molecule has 4 rings (SSSR count). The molecule has 0 aliphatic rings. The first kappa shape index (κ1) is 23.5. The lowest BCUT2D eigenvalue weighted by Gasteiger charge is -2.02. The second kappa shape index (κ2) is 12.0. The molecule has 0 saturated carbocycles. The van der Waals surface area contributed by atoms with Crippen molar-refractivity contribution in [2.45, 2.75) is 11.8 Å². The quantitative estimate of drug-likeness (QED) is 0.319. The SMILES string of the molecule is COc1ccc(-c2cnc(-c3ccc(SNCC(=O)O)cc3)s2)cc1.Cc1ccccc1. The van der Waals surface area contributed by atoms with Crippen LogP contribution >= 0.6 is 23.3 Å². The fourth-order valence-electron chi connectivity index (χ4n) is 2.68. The highest BCUT2D eigenvalue weighted by molar-refractivity contribution is 7.97. The van der Waals surface area contributed by atoms with Crippen LogP contribution in [0.25, 0.3) is 21.0 Å². The van der Waals surface area contributed by atoms with Gasteiger partial charge >= 0.3 is 5.97 Å². The van der Waals surface area contributed by atoms with Gasteiger partial charge in [-0.25, -0.2) is 9.71 Å². The zero-order valence-electron chi connectivity index (χ0n) is 17.8. The summed E-state index contributed by atoms with van der Waals surface area (Å²) < 4.78 is 7.97. The smallest absolute Gasteiger partial charge is 0.318 e. The number of aryl methyl sites for hydroxylation is 1. The first-order chi connectivity index (χ1) is 15.5. The molecule has 0 atom stereocenters. The van der Waals surface area contributed by atoms with E-state index in [9.17, 15) is 4.79 Å². The van der Waals surface area contributed by atoms with E-state index in [0.717, 1.165) is 31.7 Å². The zero-order valence-corrected chi connectivity index (χ0v) is 19.5. The van der Waals surface area contributed by atoms with Crippen molar-refractivity contribution in [2.24, 2.45) is 0 Å². The first-order valence-electron chi connectivity index (χ1n) is 9.89. The average Bonchev–Trinajstić information content (AvgIpc) is 3.31. The normalized spacial score (nSPS) is 10.2. The molecule has 164 valence electrons. The van der Waals surface area contributed by atoms with Crippen LogP contribution in [0.1, 0.15) is 5.56 Å². The molecular formula is C25H24N2O3S2.